The van der Waals surface area contributed by atoms with Gasteiger partial charge in [0.25, 0.3) is 0 Å². The fraction of sp³-hybridized carbons (Fsp3) is 0.417. The summed E-state index contributed by atoms with van der Waals surface area (Å²) in [6.45, 7) is 2.55. The van der Waals surface area contributed by atoms with Gasteiger partial charge >= 0.3 is 0 Å². The molecule has 0 amide bonds. The van der Waals surface area contributed by atoms with Gasteiger partial charge in [-0.1, -0.05) is 37.3 Å². The second-order valence-electron chi connectivity index (χ2n) is 3.79. The zero-order valence-corrected chi connectivity index (χ0v) is 8.27. The zero-order chi connectivity index (χ0) is 9.97. The molecule has 2 nitrogen and oxygen atoms in total. The number of benzene rings is 1. The number of ether oxygens (including phenoxy) is 1. The van der Waals surface area contributed by atoms with Crippen LogP contribution in [0.25, 0.3) is 0 Å². The van der Waals surface area contributed by atoms with Gasteiger partial charge in [0.2, 0.25) is 0 Å². The maximum atomic E-state index is 11.0. The maximum absolute atomic E-state index is 11.0. The van der Waals surface area contributed by atoms with Crippen molar-refractivity contribution in [3.63, 3.8) is 0 Å². The van der Waals surface area contributed by atoms with Gasteiger partial charge in [-0.3, -0.25) is 4.79 Å². The van der Waals surface area contributed by atoms with Crippen molar-refractivity contribution in [2.24, 2.45) is 5.92 Å². The fourth-order valence-electron chi connectivity index (χ4n) is 1.59. The third-order valence-corrected chi connectivity index (χ3v) is 2.77. The van der Waals surface area contributed by atoms with E-state index in [1.807, 2.05) is 37.3 Å². The van der Waals surface area contributed by atoms with Crippen molar-refractivity contribution in [2.45, 2.75) is 26.1 Å². The number of rotatable bonds is 3. The minimum atomic E-state index is 0.0960. The van der Waals surface area contributed by atoms with E-state index in [1.165, 1.54) is 5.56 Å². The summed E-state index contributed by atoms with van der Waals surface area (Å²) in [5.74, 6) is 0.418. The first kappa shape index (κ1) is 9.41. The number of carbonyl (C=O) groups excluding carboxylic acids is 1. The molecule has 0 N–H and O–H groups in total. The first-order valence-electron chi connectivity index (χ1n) is 4.95. The van der Waals surface area contributed by atoms with Crippen molar-refractivity contribution in [1.82, 2.24) is 0 Å². The van der Waals surface area contributed by atoms with Crippen LogP contribution < -0.4 is 0 Å². The number of hydrogen-bond acceptors (Lipinski definition) is 2. The molecule has 1 aliphatic carbocycles. The van der Waals surface area contributed by atoms with E-state index in [4.69, 9.17) is 4.74 Å². The van der Waals surface area contributed by atoms with E-state index >= 15 is 0 Å². The third-order valence-electron chi connectivity index (χ3n) is 2.77. The molecule has 2 atom stereocenters. The summed E-state index contributed by atoms with van der Waals surface area (Å²) < 4.78 is 5.63. The summed E-state index contributed by atoms with van der Waals surface area (Å²) in [7, 11) is 0. The minimum Gasteiger partial charge on any atom is -0.372 e. The van der Waals surface area contributed by atoms with E-state index in [2.05, 4.69) is 0 Å². The van der Waals surface area contributed by atoms with Gasteiger partial charge in [-0.25, -0.2) is 0 Å². The van der Waals surface area contributed by atoms with Crippen LogP contribution in [0.5, 0.6) is 0 Å². The lowest BCUT2D eigenvalue weighted by Crippen LogP contribution is -2.41. The monoisotopic (exact) mass is 190 g/mol. The van der Waals surface area contributed by atoms with Crippen molar-refractivity contribution < 1.29 is 9.53 Å². The largest absolute Gasteiger partial charge is 0.372 e. The Labute approximate surface area is 83.9 Å². The van der Waals surface area contributed by atoms with Crippen molar-refractivity contribution in [2.75, 3.05) is 0 Å². The molecule has 2 heteroatoms. The average Bonchev–Trinajstić information content (AvgIpc) is 2.25. The molecule has 74 valence electrons. The van der Waals surface area contributed by atoms with Crippen molar-refractivity contribution in [1.29, 1.82) is 0 Å². The van der Waals surface area contributed by atoms with Gasteiger partial charge < -0.3 is 4.74 Å². The smallest absolute Gasteiger partial charge is 0.140 e. The second kappa shape index (κ2) is 3.93. The molecule has 0 aromatic heterocycles. The molecule has 2 rings (SSSR count). The molecule has 0 bridgehead atoms. The Hall–Kier alpha value is -1.15. The molecule has 0 saturated heterocycles. The van der Waals surface area contributed by atoms with E-state index < -0.39 is 0 Å². The predicted molar refractivity (Wildman–Crippen MR) is 53.8 cm³/mol. The minimum absolute atomic E-state index is 0.0960. The van der Waals surface area contributed by atoms with Crippen LogP contribution in [0.1, 0.15) is 18.9 Å². The predicted octanol–water partition coefficient (Wildman–Crippen LogP) is 2.18. The van der Waals surface area contributed by atoms with E-state index in [0.717, 1.165) is 0 Å². The average molecular weight is 190 g/mol. The van der Waals surface area contributed by atoms with Crippen LogP contribution in [0.3, 0.4) is 0 Å². The lowest BCUT2D eigenvalue weighted by atomic mass is 9.82. The van der Waals surface area contributed by atoms with E-state index in [0.29, 0.717) is 18.8 Å². The van der Waals surface area contributed by atoms with Crippen LogP contribution in [-0.2, 0) is 16.1 Å². The van der Waals surface area contributed by atoms with E-state index in [9.17, 15) is 4.79 Å². The van der Waals surface area contributed by atoms with Gasteiger partial charge in [0.05, 0.1) is 12.7 Å². The molecule has 0 heterocycles. The van der Waals surface area contributed by atoms with E-state index in [1.54, 1.807) is 0 Å². The molecular weight excluding hydrogens is 176 g/mol. The first-order valence-corrected chi connectivity index (χ1v) is 4.95. The molecular formula is C12H14O2. The zero-order valence-electron chi connectivity index (χ0n) is 8.27. The molecule has 0 aliphatic heterocycles. The third kappa shape index (κ3) is 1.85. The summed E-state index contributed by atoms with van der Waals surface area (Å²) >= 11 is 0. The van der Waals surface area contributed by atoms with Gasteiger partial charge in [0.15, 0.2) is 0 Å². The molecule has 14 heavy (non-hydrogen) atoms. The summed E-state index contributed by atoms with van der Waals surface area (Å²) in [6, 6.07) is 10.0. The van der Waals surface area contributed by atoms with Gasteiger partial charge in [-0.15, -0.1) is 0 Å². The van der Waals surface area contributed by atoms with Gasteiger partial charge in [-0.05, 0) is 5.56 Å². The number of hydrogen-bond donors (Lipinski definition) is 0. The first-order chi connectivity index (χ1) is 6.77. The van der Waals surface area contributed by atoms with Gasteiger partial charge in [0.1, 0.15) is 5.78 Å². The summed E-state index contributed by atoms with van der Waals surface area (Å²) in [5, 5.41) is 0. The maximum Gasteiger partial charge on any atom is 0.140 e. The van der Waals surface area contributed by atoms with Crippen LogP contribution in [0.2, 0.25) is 0 Å². The highest BCUT2D eigenvalue weighted by Gasteiger charge is 2.36. The van der Waals surface area contributed by atoms with Crippen molar-refractivity contribution in [3.8, 4) is 0 Å². The van der Waals surface area contributed by atoms with Gasteiger partial charge in [0, 0.05) is 12.3 Å². The van der Waals surface area contributed by atoms with Crippen LogP contribution in [0, 0.1) is 5.92 Å². The Bertz CT molecular complexity index is 318. The Morgan fingerprint density at radius 2 is 2.07 bits per heavy atom. The van der Waals surface area contributed by atoms with Gasteiger partial charge in [-0.2, -0.15) is 0 Å². The molecule has 0 spiro atoms. The summed E-state index contributed by atoms with van der Waals surface area (Å²) in [5.41, 5.74) is 1.17. The summed E-state index contributed by atoms with van der Waals surface area (Å²) in [6.07, 6.45) is 0.733. The molecule has 0 radical (unpaired) electrons. The molecule has 1 aromatic carbocycles. The molecule has 1 saturated carbocycles. The molecule has 1 aromatic rings. The number of ketones is 1. The summed E-state index contributed by atoms with van der Waals surface area (Å²) in [4.78, 5) is 11.0. The highest BCUT2D eigenvalue weighted by Crippen LogP contribution is 2.26. The Morgan fingerprint density at radius 3 is 2.64 bits per heavy atom. The normalized spacial score (nSPS) is 25.9. The quantitative estimate of drug-likeness (QED) is 0.730. The number of Topliss-reactive ketones (excluding diaryl/α,β-unsaturated/α-hetero) is 1. The highest BCUT2D eigenvalue weighted by atomic mass is 16.5. The van der Waals surface area contributed by atoms with Crippen LogP contribution in [0.15, 0.2) is 30.3 Å². The highest BCUT2D eigenvalue weighted by molar-refractivity contribution is 5.87. The Balaban J connectivity index is 1.81. The number of carbonyl (C=O) groups is 1. The lowest BCUT2D eigenvalue weighted by Gasteiger charge is -2.31. The van der Waals surface area contributed by atoms with Crippen LogP contribution in [0.4, 0.5) is 0 Å². The van der Waals surface area contributed by atoms with Crippen molar-refractivity contribution in [3.05, 3.63) is 35.9 Å². The lowest BCUT2D eigenvalue weighted by molar-refractivity contribution is -0.144. The topological polar surface area (TPSA) is 26.3 Å². The molecule has 0 unspecified atom stereocenters. The van der Waals surface area contributed by atoms with Crippen molar-refractivity contribution >= 4 is 5.78 Å². The van der Waals surface area contributed by atoms with E-state index in [-0.39, 0.29) is 12.0 Å². The standard InChI is InChI=1S/C12H14O2/c1-9-11(13)7-12(9)14-8-10-5-3-2-4-6-10/h2-6,9,12H,7-8H2,1H3/t9-,12-/m0/s1. The SMILES string of the molecule is C[C@H]1C(=O)C[C@@H]1OCc1ccccc1. The Morgan fingerprint density at radius 1 is 1.36 bits per heavy atom. The fourth-order valence-corrected chi connectivity index (χ4v) is 1.59. The molecule has 1 aliphatic rings. The van der Waals surface area contributed by atoms with Crippen LogP contribution in [-0.4, -0.2) is 11.9 Å². The second-order valence-corrected chi connectivity index (χ2v) is 3.79. The molecule has 1 fully saturated rings. The Kier molecular flexibility index (Phi) is 2.64. The van der Waals surface area contributed by atoms with Crippen LogP contribution >= 0.6 is 0 Å².